The van der Waals surface area contributed by atoms with E-state index in [0.717, 1.165) is 41.9 Å². The van der Waals surface area contributed by atoms with E-state index in [1.54, 1.807) is 17.3 Å². The molecule has 240 valence electrons. The number of ketones is 1. The summed E-state index contributed by atoms with van der Waals surface area (Å²) in [6, 6.07) is 1.54. The van der Waals surface area contributed by atoms with Gasteiger partial charge < -0.3 is 9.64 Å². The zero-order chi connectivity index (χ0) is 31.8. The van der Waals surface area contributed by atoms with Gasteiger partial charge in [0.2, 0.25) is 11.8 Å². The van der Waals surface area contributed by atoms with Crippen LogP contribution in [0.4, 0.5) is 0 Å². The van der Waals surface area contributed by atoms with Gasteiger partial charge in [-0.05, 0) is 51.5 Å². The Bertz CT molecular complexity index is 1550. The van der Waals surface area contributed by atoms with Gasteiger partial charge in [0.1, 0.15) is 11.6 Å². The van der Waals surface area contributed by atoms with Gasteiger partial charge in [0.05, 0.1) is 29.7 Å². The number of carbonyl (C=O) groups excluding carboxylic acids is 3. The average Bonchev–Trinajstić information content (AvgIpc) is 3.30. The summed E-state index contributed by atoms with van der Waals surface area (Å²) < 4.78 is 36.6. The number of carbonyl (C=O) groups is 3. The van der Waals surface area contributed by atoms with Gasteiger partial charge in [0.25, 0.3) is 6.01 Å². The average molecular weight is 629 g/mol. The maximum Gasteiger partial charge on any atom is 0.303 e. The molecule has 5 atom stereocenters. The van der Waals surface area contributed by atoms with Crippen LogP contribution in [0.5, 0.6) is 6.01 Å². The molecule has 1 aliphatic carbocycles. The topological polar surface area (TPSA) is 144 Å². The number of Topliss-reactive ketones (excluding diaryl/α,β-unsaturated/α-hetero) is 1. The molecule has 2 fully saturated rings. The number of fused-ring (bicyclic) bond motifs is 3. The van der Waals surface area contributed by atoms with E-state index in [9.17, 15) is 22.8 Å². The number of nitrogens with one attached hydrogen (secondary N) is 1. The molecule has 44 heavy (non-hydrogen) atoms. The smallest absolute Gasteiger partial charge is 0.303 e. The summed E-state index contributed by atoms with van der Waals surface area (Å²) in [6.07, 6.45) is 11.7. The predicted octanol–water partition coefficient (Wildman–Crippen LogP) is 3.41. The maximum absolute atomic E-state index is 14.1. The highest BCUT2D eigenvalue weighted by atomic mass is 32.2. The number of ether oxygens (including phenoxy) is 1. The first-order valence-corrected chi connectivity index (χ1v) is 17.0. The van der Waals surface area contributed by atoms with Crippen LogP contribution in [0, 0.1) is 17.3 Å². The van der Waals surface area contributed by atoms with Crippen LogP contribution in [0.25, 0.3) is 11.0 Å². The molecular weight excluding hydrogens is 584 g/mol. The second-order valence-electron chi connectivity index (χ2n) is 13.0. The summed E-state index contributed by atoms with van der Waals surface area (Å²) >= 11 is 0. The molecule has 1 saturated carbocycles. The summed E-state index contributed by atoms with van der Waals surface area (Å²) in [6.45, 7) is 6.18. The third-order valence-corrected chi connectivity index (χ3v) is 10.6. The van der Waals surface area contributed by atoms with Crippen LogP contribution >= 0.6 is 0 Å². The Balaban J connectivity index is 1.44. The van der Waals surface area contributed by atoms with Crippen LogP contribution in [0.1, 0.15) is 78.2 Å². The summed E-state index contributed by atoms with van der Waals surface area (Å²) in [5.41, 5.74) is 0.389. The van der Waals surface area contributed by atoms with Crippen LogP contribution in [0.3, 0.4) is 0 Å². The van der Waals surface area contributed by atoms with Crippen molar-refractivity contribution in [1.82, 2.24) is 28.5 Å². The van der Waals surface area contributed by atoms with Gasteiger partial charge in [-0.15, -0.1) is 0 Å². The first-order chi connectivity index (χ1) is 20.8. The minimum atomic E-state index is -4.04. The third kappa shape index (κ3) is 6.39. The van der Waals surface area contributed by atoms with E-state index in [2.05, 4.69) is 14.7 Å². The van der Waals surface area contributed by atoms with E-state index in [4.69, 9.17) is 4.74 Å². The molecule has 1 saturated heterocycles. The van der Waals surface area contributed by atoms with Crippen molar-refractivity contribution in [3.8, 4) is 6.01 Å². The van der Waals surface area contributed by atoms with Crippen molar-refractivity contribution in [2.24, 2.45) is 17.3 Å². The van der Waals surface area contributed by atoms with Gasteiger partial charge in [-0.2, -0.15) is 17.7 Å². The summed E-state index contributed by atoms with van der Waals surface area (Å²) in [4.78, 5) is 51.9. The molecule has 5 rings (SSSR count). The van der Waals surface area contributed by atoms with Crippen molar-refractivity contribution < 1.29 is 27.5 Å². The van der Waals surface area contributed by atoms with Crippen molar-refractivity contribution in [2.45, 2.75) is 90.3 Å². The zero-order valence-electron chi connectivity index (χ0n) is 26.2. The molecule has 0 bridgehead atoms. The van der Waals surface area contributed by atoms with E-state index >= 15 is 0 Å². The van der Waals surface area contributed by atoms with Crippen molar-refractivity contribution >= 4 is 38.8 Å². The molecule has 2 aliphatic heterocycles. The van der Waals surface area contributed by atoms with Crippen LogP contribution < -0.4 is 9.46 Å². The largest absolute Gasteiger partial charge is 0.459 e. The molecule has 3 aliphatic rings. The number of hydrogen-bond donors (Lipinski definition) is 1. The first-order valence-electron chi connectivity index (χ1n) is 15.6. The van der Waals surface area contributed by atoms with Gasteiger partial charge in [-0.1, -0.05) is 31.9 Å². The van der Waals surface area contributed by atoms with Crippen LogP contribution in [0.15, 0.2) is 30.6 Å². The molecule has 12 nitrogen and oxygen atoms in total. The quantitative estimate of drug-likeness (QED) is 0.480. The molecular formula is C31H44N6O6S. The van der Waals surface area contributed by atoms with Gasteiger partial charge in [-0.25, -0.2) is 4.72 Å². The highest BCUT2D eigenvalue weighted by molar-refractivity contribution is 7.87. The zero-order valence-corrected chi connectivity index (χ0v) is 27.0. The Morgan fingerprint density at radius 2 is 1.98 bits per heavy atom. The standard InChI is InChI=1S/C31H44N6O6S/c1-20(2)37-25-13-14-32-18-24(25)33-30(37)43-23-15-26-27(38)17-31(29(40)34-44(41,42)35(4)5)16-22(31)12-10-8-6-7-9-11-21(3)28(39)36(26)19-23/h10,12-14,18,20-23,26H,6-9,11,15-17,19H2,1-5H3,(H,34,40)/b12-10-/t21-,22-,23+,26-,31+/m0/s1. The summed E-state index contributed by atoms with van der Waals surface area (Å²) in [5, 5.41) is 0. The lowest BCUT2D eigenvalue weighted by Gasteiger charge is -2.27. The second-order valence-corrected chi connectivity index (χ2v) is 14.9. The van der Waals surface area contributed by atoms with Crippen molar-refractivity contribution in [3.05, 3.63) is 30.6 Å². The Labute approximate surface area is 259 Å². The Morgan fingerprint density at radius 1 is 1.20 bits per heavy atom. The molecule has 2 amide bonds. The maximum atomic E-state index is 14.1. The Morgan fingerprint density at radius 3 is 2.70 bits per heavy atom. The monoisotopic (exact) mass is 628 g/mol. The van der Waals surface area contributed by atoms with Crippen LogP contribution in [0.2, 0.25) is 0 Å². The highest BCUT2D eigenvalue weighted by Crippen LogP contribution is 2.57. The molecule has 0 aromatic carbocycles. The van der Waals surface area contributed by atoms with Gasteiger partial charge in [0.15, 0.2) is 5.78 Å². The van der Waals surface area contributed by atoms with E-state index in [0.29, 0.717) is 17.9 Å². The Kier molecular flexibility index (Phi) is 9.18. The SMILES string of the molecule is CC(C)n1c(O[C@@H]2C[C@H]3C(=O)C[C@]4(C(=O)NS(=O)(=O)N(C)C)C[C@@H]4/C=C\CCCCC[C@H](C)C(=O)N3C2)nc2cnccc21. The molecule has 0 radical (unpaired) electrons. The first kappa shape index (κ1) is 32.1. The summed E-state index contributed by atoms with van der Waals surface area (Å²) in [7, 11) is -1.36. The van der Waals surface area contributed by atoms with E-state index in [1.807, 2.05) is 43.6 Å². The number of amides is 2. The van der Waals surface area contributed by atoms with Crippen molar-refractivity contribution in [1.29, 1.82) is 0 Å². The summed E-state index contributed by atoms with van der Waals surface area (Å²) in [5.74, 6) is -1.58. The molecule has 1 N–H and O–H groups in total. The molecule has 13 heteroatoms. The number of pyridine rings is 1. The lowest BCUT2D eigenvalue weighted by atomic mass is 9.91. The fourth-order valence-electron chi connectivity index (χ4n) is 6.52. The minimum Gasteiger partial charge on any atom is -0.459 e. The molecule has 0 unspecified atom stereocenters. The molecule has 2 aromatic heterocycles. The predicted molar refractivity (Wildman–Crippen MR) is 165 cm³/mol. The number of nitrogens with zero attached hydrogens (tertiary/aromatic N) is 5. The minimum absolute atomic E-state index is 0.0456. The number of aromatic nitrogens is 3. The van der Waals surface area contributed by atoms with E-state index in [1.165, 1.54) is 14.1 Å². The number of allylic oxidation sites excluding steroid dienone is 2. The van der Waals surface area contributed by atoms with Gasteiger partial charge in [-0.3, -0.25) is 23.9 Å². The second kappa shape index (κ2) is 12.6. The van der Waals surface area contributed by atoms with Gasteiger partial charge in [0, 0.05) is 45.1 Å². The van der Waals surface area contributed by atoms with Crippen molar-refractivity contribution in [2.75, 3.05) is 20.6 Å². The molecule has 0 spiro atoms. The lowest BCUT2D eigenvalue weighted by molar-refractivity contribution is -0.141. The highest BCUT2D eigenvalue weighted by Gasteiger charge is 2.61. The van der Waals surface area contributed by atoms with E-state index in [-0.39, 0.29) is 49.0 Å². The van der Waals surface area contributed by atoms with Crippen molar-refractivity contribution in [3.63, 3.8) is 0 Å². The Hall–Kier alpha value is -3.32. The third-order valence-electron chi connectivity index (χ3n) is 9.24. The lowest BCUT2D eigenvalue weighted by Crippen LogP contribution is -2.47. The van der Waals surface area contributed by atoms with Gasteiger partial charge >= 0.3 is 10.2 Å². The van der Waals surface area contributed by atoms with E-state index < -0.39 is 33.7 Å². The van der Waals surface area contributed by atoms with Crippen LogP contribution in [-0.4, -0.2) is 82.5 Å². The number of hydrogen-bond acceptors (Lipinski definition) is 8. The fraction of sp³-hybridized carbons (Fsp3) is 0.645. The molecule has 2 aromatic rings. The normalized spacial score (nSPS) is 29.2. The number of rotatable bonds is 6. The van der Waals surface area contributed by atoms with Crippen LogP contribution in [-0.2, 0) is 24.6 Å². The number of imidazole rings is 1. The fourth-order valence-corrected chi connectivity index (χ4v) is 7.14. The molecule has 4 heterocycles.